The third-order valence-electron chi connectivity index (χ3n) is 2.82. The summed E-state index contributed by atoms with van der Waals surface area (Å²) in [7, 11) is 1.61. The van der Waals surface area contributed by atoms with Gasteiger partial charge in [-0.3, -0.25) is 4.79 Å². The second-order valence-corrected chi connectivity index (χ2v) is 5.09. The van der Waals surface area contributed by atoms with E-state index in [-0.39, 0.29) is 12.5 Å². The number of hydrogen-bond donors (Lipinski definition) is 2. The predicted octanol–water partition coefficient (Wildman–Crippen LogP) is 3.02. The van der Waals surface area contributed by atoms with Crippen LogP contribution in [0, 0.1) is 6.92 Å². The van der Waals surface area contributed by atoms with Crippen LogP contribution in [0.15, 0.2) is 16.6 Å². The van der Waals surface area contributed by atoms with Crippen molar-refractivity contribution < 1.29 is 14.6 Å². The Morgan fingerprint density at radius 3 is 2.78 bits per heavy atom. The molecule has 1 rings (SSSR count). The molecule has 0 spiro atoms. The number of halogens is 1. The van der Waals surface area contributed by atoms with Gasteiger partial charge in [0, 0.05) is 22.5 Å². The van der Waals surface area contributed by atoms with Crippen LogP contribution in [0.4, 0.5) is 0 Å². The van der Waals surface area contributed by atoms with Crippen LogP contribution >= 0.6 is 15.9 Å². The first-order valence-corrected chi connectivity index (χ1v) is 6.56. The van der Waals surface area contributed by atoms with Gasteiger partial charge in [0.2, 0.25) is 0 Å². The van der Waals surface area contributed by atoms with Gasteiger partial charge in [-0.15, -0.1) is 0 Å². The molecule has 0 aliphatic rings. The SMILES string of the molecule is COc1cc(C)c(Br)cc1C(N)CCCC(=O)O. The van der Waals surface area contributed by atoms with Crippen molar-refractivity contribution in [3.8, 4) is 5.75 Å². The number of ether oxygens (including phenoxy) is 1. The van der Waals surface area contributed by atoms with Gasteiger partial charge in [0.05, 0.1) is 7.11 Å². The minimum Gasteiger partial charge on any atom is -0.496 e. The zero-order chi connectivity index (χ0) is 13.7. The molecular weight excluding hydrogens is 298 g/mol. The second kappa shape index (κ2) is 6.75. The molecule has 0 amide bonds. The summed E-state index contributed by atoms with van der Waals surface area (Å²) in [5.74, 6) is -0.0437. The summed E-state index contributed by atoms with van der Waals surface area (Å²) in [6.07, 6.45) is 1.33. The molecule has 0 aliphatic heterocycles. The van der Waals surface area contributed by atoms with Crippen molar-refractivity contribution in [3.05, 3.63) is 27.7 Å². The smallest absolute Gasteiger partial charge is 0.303 e. The number of aliphatic carboxylic acids is 1. The molecule has 3 N–H and O–H groups in total. The fraction of sp³-hybridized carbons (Fsp3) is 0.462. The monoisotopic (exact) mass is 315 g/mol. The molecule has 1 aromatic rings. The Morgan fingerprint density at radius 2 is 2.22 bits per heavy atom. The molecule has 1 unspecified atom stereocenters. The van der Waals surface area contributed by atoms with E-state index in [1.807, 2.05) is 19.1 Å². The van der Waals surface area contributed by atoms with E-state index in [1.165, 1.54) is 0 Å². The number of nitrogens with two attached hydrogens (primary N) is 1. The van der Waals surface area contributed by atoms with E-state index in [1.54, 1.807) is 7.11 Å². The third-order valence-corrected chi connectivity index (χ3v) is 3.67. The summed E-state index contributed by atoms with van der Waals surface area (Å²) in [6.45, 7) is 1.98. The Kier molecular flexibility index (Phi) is 5.62. The molecule has 0 saturated carbocycles. The Labute approximate surface area is 115 Å². The lowest BCUT2D eigenvalue weighted by Gasteiger charge is -2.17. The van der Waals surface area contributed by atoms with Crippen LogP contribution in [-0.4, -0.2) is 18.2 Å². The quantitative estimate of drug-likeness (QED) is 0.846. The highest BCUT2D eigenvalue weighted by Gasteiger charge is 2.14. The molecule has 5 heteroatoms. The molecule has 4 nitrogen and oxygen atoms in total. The van der Waals surface area contributed by atoms with Crippen LogP contribution in [-0.2, 0) is 4.79 Å². The van der Waals surface area contributed by atoms with Crippen LogP contribution in [0.25, 0.3) is 0 Å². The van der Waals surface area contributed by atoms with Crippen molar-refractivity contribution in [2.24, 2.45) is 5.73 Å². The molecule has 100 valence electrons. The number of carboxylic acids is 1. The van der Waals surface area contributed by atoms with Crippen LogP contribution < -0.4 is 10.5 Å². The van der Waals surface area contributed by atoms with Gasteiger partial charge < -0.3 is 15.6 Å². The Morgan fingerprint density at radius 1 is 1.56 bits per heavy atom. The minimum atomic E-state index is -0.792. The standard InChI is InChI=1S/C13H18BrNO3/c1-8-6-12(18-2)9(7-10(8)14)11(15)4-3-5-13(16)17/h6-7,11H,3-5,15H2,1-2H3,(H,16,17). The van der Waals surface area contributed by atoms with Crippen molar-refractivity contribution in [1.29, 1.82) is 0 Å². The van der Waals surface area contributed by atoms with Crippen LogP contribution in [0.3, 0.4) is 0 Å². The lowest BCUT2D eigenvalue weighted by Crippen LogP contribution is -2.12. The lowest BCUT2D eigenvalue weighted by molar-refractivity contribution is -0.137. The zero-order valence-corrected chi connectivity index (χ0v) is 12.2. The highest BCUT2D eigenvalue weighted by molar-refractivity contribution is 9.10. The first-order chi connectivity index (χ1) is 8.45. The van der Waals surface area contributed by atoms with Gasteiger partial charge >= 0.3 is 5.97 Å². The van der Waals surface area contributed by atoms with Crippen molar-refractivity contribution in [1.82, 2.24) is 0 Å². The minimum absolute atomic E-state index is 0.142. The van der Waals surface area contributed by atoms with Crippen molar-refractivity contribution in [2.75, 3.05) is 7.11 Å². The second-order valence-electron chi connectivity index (χ2n) is 4.24. The Balaban J connectivity index is 2.80. The maximum atomic E-state index is 10.5. The molecule has 0 heterocycles. The largest absolute Gasteiger partial charge is 0.496 e. The van der Waals surface area contributed by atoms with E-state index < -0.39 is 5.97 Å². The zero-order valence-electron chi connectivity index (χ0n) is 10.6. The van der Waals surface area contributed by atoms with Gasteiger partial charge in [-0.1, -0.05) is 15.9 Å². The first kappa shape index (κ1) is 15.0. The fourth-order valence-corrected chi connectivity index (χ4v) is 2.13. The van der Waals surface area contributed by atoms with Gasteiger partial charge in [0.15, 0.2) is 0 Å². The molecular formula is C13H18BrNO3. The predicted molar refractivity (Wildman–Crippen MR) is 73.8 cm³/mol. The van der Waals surface area contributed by atoms with Crippen molar-refractivity contribution in [2.45, 2.75) is 32.2 Å². The van der Waals surface area contributed by atoms with E-state index in [2.05, 4.69) is 15.9 Å². The summed E-state index contributed by atoms with van der Waals surface area (Å²) >= 11 is 3.46. The fourth-order valence-electron chi connectivity index (χ4n) is 1.77. The van der Waals surface area contributed by atoms with Gasteiger partial charge in [-0.05, 0) is 37.5 Å². The molecule has 0 aliphatic carbocycles. The van der Waals surface area contributed by atoms with Gasteiger partial charge in [0.1, 0.15) is 5.75 Å². The summed E-state index contributed by atoms with van der Waals surface area (Å²) in [6, 6.07) is 3.66. The number of hydrogen-bond acceptors (Lipinski definition) is 3. The third kappa shape index (κ3) is 3.99. The van der Waals surface area contributed by atoms with E-state index in [0.717, 1.165) is 21.3 Å². The van der Waals surface area contributed by atoms with Gasteiger partial charge in [-0.2, -0.15) is 0 Å². The molecule has 0 aromatic heterocycles. The number of carboxylic acid groups (broad SMARTS) is 1. The van der Waals surface area contributed by atoms with Crippen LogP contribution in [0.5, 0.6) is 5.75 Å². The maximum Gasteiger partial charge on any atom is 0.303 e. The first-order valence-electron chi connectivity index (χ1n) is 5.77. The molecule has 18 heavy (non-hydrogen) atoms. The van der Waals surface area contributed by atoms with Gasteiger partial charge in [0.25, 0.3) is 0 Å². The summed E-state index contributed by atoms with van der Waals surface area (Å²) < 4.78 is 6.29. The number of methoxy groups -OCH3 is 1. The van der Waals surface area contributed by atoms with E-state index in [4.69, 9.17) is 15.6 Å². The Hall–Kier alpha value is -1.07. The highest BCUT2D eigenvalue weighted by atomic mass is 79.9. The molecule has 1 aromatic carbocycles. The normalized spacial score (nSPS) is 12.2. The molecule has 0 fully saturated rings. The van der Waals surface area contributed by atoms with E-state index >= 15 is 0 Å². The summed E-state index contributed by atoms with van der Waals surface area (Å²) in [4.78, 5) is 10.5. The van der Waals surface area contributed by atoms with Gasteiger partial charge in [-0.25, -0.2) is 0 Å². The molecule has 0 bridgehead atoms. The van der Waals surface area contributed by atoms with Crippen molar-refractivity contribution >= 4 is 21.9 Å². The van der Waals surface area contributed by atoms with E-state index in [0.29, 0.717) is 12.8 Å². The van der Waals surface area contributed by atoms with Crippen LogP contribution in [0.1, 0.15) is 36.4 Å². The highest BCUT2D eigenvalue weighted by Crippen LogP contribution is 2.32. The molecule has 0 saturated heterocycles. The van der Waals surface area contributed by atoms with Crippen LogP contribution in [0.2, 0.25) is 0 Å². The maximum absolute atomic E-state index is 10.5. The molecule has 1 atom stereocenters. The van der Waals surface area contributed by atoms with E-state index in [9.17, 15) is 4.79 Å². The summed E-state index contributed by atoms with van der Waals surface area (Å²) in [5, 5.41) is 8.61. The lowest BCUT2D eigenvalue weighted by atomic mass is 9.99. The van der Waals surface area contributed by atoms with Crippen molar-refractivity contribution in [3.63, 3.8) is 0 Å². The number of carbonyl (C=O) groups is 1. The average molecular weight is 316 g/mol. The Bertz CT molecular complexity index is 434. The number of benzene rings is 1. The summed E-state index contributed by atoms with van der Waals surface area (Å²) in [5.41, 5.74) is 8.06. The number of aryl methyl sites for hydroxylation is 1. The average Bonchev–Trinajstić information content (AvgIpc) is 2.31. The topological polar surface area (TPSA) is 72.5 Å². The molecule has 0 radical (unpaired) electrons. The number of rotatable bonds is 6.